The van der Waals surface area contributed by atoms with E-state index >= 15 is 0 Å². The van der Waals surface area contributed by atoms with Crippen molar-refractivity contribution in [3.05, 3.63) is 60.2 Å². The minimum atomic E-state index is -3.97. The Morgan fingerprint density at radius 1 is 1.03 bits per heavy atom. The molecule has 0 aromatic heterocycles. The lowest BCUT2D eigenvalue weighted by Gasteiger charge is -2.42. The van der Waals surface area contributed by atoms with Gasteiger partial charge < -0.3 is 10.2 Å². The number of carbonyl (C=O) groups is 2. The fraction of sp³-hybridized carbons (Fsp3) is 0.417. The zero-order valence-corrected chi connectivity index (χ0v) is 19.0. The Morgan fingerprint density at radius 3 is 2.41 bits per heavy atom. The minimum absolute atomic E-state index is 0.173. The van der Waals surface area contributed by atoms with E-state index in [-0.39, 0.29) is 16.7 Å². The summed E-state index contributed by atoms with van der Waals surface area (Å²) in [5.41, 5.74) is 0.863. The highest BCUT2D eigenvalue weighted by Gasteiger charge is 2.66. The van der Waals surface area contributed by atoms with Gasteiger partial charge in [-0.25, -0.2) is 12.7 Å². The molecular formula is C24H27N3O4S. The molecule has 168 valence electrons. The first-order valence-electron chi connectivity index (χ1n) is 11.2. The Balaban J connectivity index is 1.76. The molecule has 3 aliphatic rings. The smallest absolute Gasteiger partial charge is 0.266 e. The summed E-state index contributed by atoms with van der Waals surface area (Å²) < 4.78 is 29.4. The second-order valence-electron chi connectivity index (χ2n) is 8.85. The minimum Gasteiger partial charge on any atom is -0.343 e. The first kappa shape index (κ1) is 21.0. The molecule has 0 saturated carbocycles. The highest BCUT2D eigenvalue weighted by molar-refractivity contribution is 7.92. The molecular weight excluding hydrogens is 426 g/mol. The summed E-state index contributed by atoms with van der Waals surface area (Å²) in [5, 5.41) is 2.85. The SMILES string of the molecule is CCC[C@]12C[C@H]3C(=O)N[C@@H](CC)C(=O)N3[C@H]1N(S(=O)(=O)c1ccccc1)c1ccccc12. The van der Waals surface area contributed by atoms with E-state index < -0.39 is 33.7 Å². The van der Waals surface area contributed by atoms with Crippen molar-refractivity contribution in [2.75, 3.05) is 4.31 Å². The van der Waals surface area contributed by atoms with E-state index in [9.17, 15) is 18.0 Å². The Labute approximate surface area is 188 Å². The normalized spacial score (nSPS) is 28.9. The van der Waals surface area contributed by atoms with Gasteiger partial charge in [0, 0.05) is 5.41 Å². The number of benzene rings is 2. The van der Waals surface area contributed by atoms with Gasteiger partial charge >= 0.3 is 0 Å². The summed E-state index contributed by atoms with van der Waals surface area (Å²) >= 11 is 0. The summed E-state index contributed by atoms with van der Waals surface area (Å²) in [6.07, 6.45) is 1.59. The number of nitrogens with zero attached hydrogens (tertiary/aromatic N) is 2. The Hall–Kier alpha value is -2.87. The molecule has 3 heterocycles. The Bertz CT molecular complexity index is 1180. The molecule has 0 aliphatic carbocycles. The van der Waals surface area contributed by atoms with Crippen molar-refractivity contribution < 1.29 is 18.0 Å². The quantitative estimate of drug-likeness (QED) is 0.754. The second kappa shape index (κ2) is 7.33. The molecule has 1 N–H and O–H groups in total. The largest absolute Gasteiger partial charge is 0.343 e. The molecule has 2 amide bonds. The summed E-state index contributed by atoms with van der Waals surface area (Å²) in [5.74, 6) is -0.406. The van der Waals surface area contributed by atoms with Crippen molar-refractivity contribution >= 4 is 27.5 Å². The number of hydrogen-bond donors (Lipinski definition) is 1. The lowest BCUT2D eigenvalue weighted by molar-refractivity contribution is -0.149. The van der Waals surface area contributed by atoms with Crippen LogP contribution >= 0.6 is 0 Å². The number of piperazine rings is 1. The van der Waals surface area contributed by atoms with Gasteiger partial charge in [0.15, 0.2) is 0 Å². The summed E-state index contributed by atoms with van der Waals surface area (Å²) in [7, 11) is -3.97. The summed E-state index contributed by atoms with van der Waals surface area (Å²) in [6.45, 7) is 3.90. The van der Waals surface area contributed by atoms with Gasteiger partial charge in [0.1, 0.15) is 18.2 Å². The van der Waals surface area contributed by atoms with Crippen LogP contribution in [0.15, 0.2) is 59.5 Å². The lowest BCUT2D eigenvalue weighted by Crippen LogP contribution is -2.65. The van der Waals surface area contributed by atoms with E-state index in [2.05, 4.69) is 12.2 Å². The van der Waals surface area contributed by atoms with Crippen LogP contribution in [0.1, 0.15) is 45.1 Å². The number of sulfonamides is 1. The van der Waals surface area contributed by atoms with Gasteiger partial charge in [-0.2, -0.15) is 0 Å². The number of nitrogens with one attached hydrogen (secondary N) is 1. The number of fused-ring (bicyclic) bond motifs is 5. The summed E-state index contributed by atoms with van der Waals surface area (Å²) in [6, 6.07) is 14.5. The number of anilines is 1. The Morgan fingerprint density at radius 2 is 1.72 bits per heavy atom. The van der Waals surface area contributed by atoms with Crippen molar-refractivity contribution in [1.29, 1.82) is 0 Å². The monoisotopic (exact) mass is 453 g/mol. The fourth-order valence-electron chi connectivity index (χ4n) is 5.85. The molecule has 0 bridgehead atoms. The van der Waals surface area contributed by atoms with E-state index in [1.54, 1.807) is 35.2 Å². The average Bonchev–Trinajstić information content (AvgIpc) is 3.27. The average molecular weight is 454 g/mol. The number of hydrogen-bond acceptors (Lipinski definition) is 4. The fourth-order valence-corrected chi connectivity index (χ4v) is 7.56. The molecule has 4 atom stereocenters. The van der Waals surface area contributed by atoms with Crippen molar-refractivity contribution in [3.63, 3.8) is 0 Å². The van der Waals surface area contributed by atoms with Gasteiger partial charge in [0.2, 0.25) is 11.8 Å². The van der Waals surface area contributed by atoms with E-state index in [1.807, 2.05) is 31.2 Å². The van der Waals surface area contributed by atoms with Crippen molar-refractivity contribution in [3.8, 4) is 0 Å². The van der Waals surface area contributed by atoms with Gasteiger partial charge in [0.05, 0.1) is 10.6 Å². The van der Waals surface area contributed by atoms with Crippen molar-refractivity contribution in [2.24, 2.45) is 0 Å². The van der Waals surface area contributed by atoms with E-state index in [0.717, 1.165) is 12.0 Å². The molecule has 32 heavy (non-hydrogen) atoms. The number of rotatable bonds is 5. The molecule has 2 aromatic rings. The maximum absolute atomic E-state index is 14.0. The topological polar surface area (TPSA) is 86.8 Å². The van der Waals surface area contributed by atoms with E-state index in [4.69, 9.17) is 0 Å². The zero-order valence-electron chi connectivity index (χ0n) is 18.2. The third kappa shape index (κ3) is 2.68. The third-order valence-electron chi connectivity index (χ3n) is 7.13. The summed E-state index contributed by atoms with van der Waals surface area (Å²) in [4.78, 5) is 28.3. The van der Waals surface area contributed by atoms with Crippen LogP contribution in [0.4, 0.5) is 5.69 Å². The van der Waals surface area contributed by atoms with Crippen LogP contribution < -0.4 is 9.62 Å². The molecule has 8 heteroatoms. The number of para-hydroxylation sites is 1. The highest BCUT2D eigenvalue weighted by Crippen LogP contribution is 2.58. The van der Waals surface area contributed by atoms with Crippen LogP contribution in [-0.2, 0) is 25.0 Å². The van der Waals surface area contributed by atoms with Gasteiger partial charge in [-0.05, 0) is 43.0 Å². The molecule has 3 aliphatic heterocycles. The van der Waals surface area contributed by atoms with Gasteiger partial charge in [-0.15, -0.1) is 0 Å². The second-order valence-corrected chi connectivity index (χ2v) is 10.7. The highest BCUT2D eigenvalue weighted by atomic mass is 32.2. The van der Waals surface area contributed by atoms with E-state index in [0.29, 0.717) is 24.9 Å². The maximum atomic E-state index is 14.0. The molecule has 0 spiro atoms. The van der Waals surface area contributed by atoms with Crippen molar-refractivity contribution in [2.45, 2.75) is 68.1 Å². The van der Waals surface area contributed by atoms with Crippen LogP contribution in [0.25, 0.3) is 0 Å². The molecule has 2 saturated heterocycles. The predicted molar refractivity (Wildman–Crippen MR) is 120 cm³/mol. The first-order chi connectivity index (χ1) is 15.4. The standard InChI is InChI=1S/C24H27N3O4S/c1-3-14-24-15-20-21(28)25-18(4-2)22(29)26(20)23(24)27(19-13-9-8-12-17(19)24)32(30,31)16-10-6-5-7-11-16/h5-13,18,20,23H,3-4,14-15H2,1-2H3,(H,25,28)/t18-,20-,23-,24+/m0/s1. The van der Waals surface area contributed by atoms with Crippen LogP contribution in [-0.4, -0.2) is 43.4 Å². The van der Waals surface area contributed by atoms with Gasteiger partial charge in [-0.3, -0.25) is 9.59 Å². The van der Waals surface area contributed by atoms with Gasteiger partial charge in [0.25, 0.3) is 10.0 Å². The molecule has 2 fully saturated rings. The first-order valence-corrected chi connectivity index (χ1v) is 12.6. The molecule has 7 nitrogen and oxygen atoms in total. The number of amides is 2. The maximum Gasteiger partial charge on any atom is 0.266 e. The predicted octanol–water partition coefficient (Wildman–Crippen LogP) is 2.77. The zero-order chi connectivity index (χ0) is 22.7. The molecule has 5 rings (SSSR count). The number of carbonyl (C=O) groups excluding carboxylic acids is 2. The lowest BCUT2D eigenvalue weighted by atomic mass is 9.74. The van der Waals surface area contributed by atoms with Gasteiger partial charge in [-0.1, -0.05) is 56.7 Å². The molecule has 0 unspecified atom stereocenters. The Kier molecular flexibility index (Phi) is 4.81. The van der Waals surface area contributed by atoms with Crippen LogP contribution in [0, 0.1) is 0 Å². The van der Waals surface area contributed by atoms with Crippen LogP contribution in [0.5, 0.6) is 0 Å². The molecule has 2 aromatic carbocycles. The molecule has 0 radical (unpaired) electrons. The van der Waals surface area contributed by atoms with Crippen LogP contribution in [0.3, 0.4) is 0 Å². The van der Waals surface area contributed by atoms with Crippen LogP contribution in [0.2, 0.25) is 0 Å². The van der Waals surface area contributed by atoms with E-state index in [1.165, 1.54) is 4.31 Å². The van der Waals surface area contributed by atoms with Crippen molar-refractivity contribution in [1.82, 2.24) is 10.2 Å². The third-order valence-corrected chi connectivity index (χ3v) is 8.91.